The summed E-state index contributed by atoms with van der Waals surface area (Å²) in [5.41, 5.74) is 0.0932. The molecule has 0 saturated carbocycles. The van der Waals surface area contributed by atoms with Gasteiger partial charge in [-0.25, -0.2) is 0 Å². The van der Waals surface area contributed by atoms with Gasteiger partial charge in [0.25, 0.3) is 0 Å². The largest absolute Gasteiger partial charge is 0.340 e. The average molecular weight is 330 g/mol. The lowest BCUT2D eigenvalue weighted by atomic mass is 9.77. The van der Waals surface area contributed by atoms with E-state index in [0.29, 0.717) is 11.9 Å². The number of carbonyl (C=O) groups is 1. The van der Waals surface area contributed by atoms with E-state index in [-0.39, 0.29) is 23.9 Å². The molecule has 4 nitrogen and oxygen atoms in total. The standard InChI is InChI=1S/C17H31N3O.ClH/c1-17(2)8-6-9-18-15(17)16(21)20-12-5-7-14(13-20)19-10-3-4-11-19;/h14-15,18H,3-13H2,1-2H3;1H. The van der Waals surface area contributed by atoms with E-state index in [1.807, 2.05) is 0 Å². The number of amides is 1. The van der Waals surface area contributed by atoms with Gasteiger partial charge in [0.15, 0.2) is 0 Å². The molecule has 0 aromatic heterocycles. The van der Waals surface area contributed by atoms with Crippen molar-refractivity contribution in [3.8, 4) is 0 Å². The number of carbonyl (C=O) groups excluding carboxylic acids is 1. The van der Waals surface area contributed by atoms with Crippen LogP contribution in [0.25, 0.3) is 0 Å². The van der Waals surface area contributed by atoms with Gasteiger partial charge < -0.3 is 10.2 Å². The molecule has 0 bridgehead atoms. The van der Waals surface area contributed by atoms with Crippen LogP contribution in [0.1, 0.15) is 52.4 Å². The van der Waals surface area contributed by atoms with Crippen LogP contribution in [0.4, 0.5) is 0 Å². The van der Waals surface area contributed by atoms with Crippen molar-refractivity contribution in [3.63, 3.8) is 0 Å². The van der Waals surface area contributed by atoms with Crippen molar-refractivity contribution in [1.82, 2.24) is 15.1 Å². The molecule has 0 aromatic carbocycles. The molecular formula is C17H32ClN3O. The van der Waals surface area contributed by atoms with Crippen LogP contribution in [-0.2, 0) is 4.79 Å². The van der Waals surface area contributed by atoms with E-state index in [9.17, 15) is 4.79 Å². The number of nitrogens with one attached hydrogen (secondary N) is 1. The minimum absolute atomic E-state index is 0. The van der Waals surface area contributed by atoms with Gasteiger partial charge in [0.1, 0.15) is 0 Å². The molecule has 3 aliphatic heterocycles. The Labute approximate surface area is 141 Å². The van der Waals surface area contributed by atoms with Gasteiger partial charge in [0, 0.05) is 19.1 Å². The molecule has 5 heteroatoms. The van der Waals surface area contributed by atoms with E-state index in [1.54, 1.807) is 0 Å². The fraction of sp³-hybridized carbons (Fsp3) is 0.941. The Morgan fingerprint density at radius 2 is 1.82 bits per heavy atom. The molecule has 1 amide bonds. The average Bonchev–Trinajstić information content (AvgIpc) is 3.00. The summed E-state index contributed by atoms with van der Waals surface area (Å²) in [6.07, 6.45) is 7.45. The predicted molar refractivity (Wildman–Crippen MR) is 92.5 cm³/mol. The monoisotopic (exact) mass is 329 g/mol. The maximum absolute atomic E-state index is 13.0. The molecule has 22 heavy (non-hydrogen) atoms. The molecule has 2 unspecified atom stereocenters. The molecule has 2 atom stereocenters. The third kappa shape index (κ3) is 3.77. The fourth-order valence-corrected chi connectivity index (χ4v) is 4.37. The number of nitrogens with zero attached hydrogens (tertiary/aromatic N) is 2. The molecule has 0 spiro atoms. The fourth-order valence-electron chi connectivity index (χ4n) is 4.37. The highest BCUT2D eigenvalue weighted by atomic mass is 35.5. The van der Waals surface area contributed by atoms with Gasteiger partial charge in [-0.15, -0.1) is 12.4 Å². The number of hydrogen-bond donors (Lipinski definition) is 1. The van der Waals surface area contributed by atoms with Gasteiger partial charge in [-0.3, -0.25) is 9.69 Å². The zero-order valence-electron chi connectivity index (χ0n) is 14.1. The van der Waals surface area contributed by atoms with Crippen molar-refractivity contribution in [2.75, 3.05) is 32.7 Å². The van der Waals surface area contributed by atoms with E-state index in [2.05, 4.69) is 29.0 Å². The molecule has 1 N–H and O–H groups in total. The van der Waals surface area contributed by atoms with Crippen LogP contribution in [0.2, 0.25) is 0 Å². The van der Waals surface area contributed by atoms with Gasteiger partial charge in [0.2, 0.25) is 5.91 Å². The van der Waals surface area contributed by atoms with Crippen LogP contribution < -0.4 is 5.32 Å². The molecule has 3 fully saturated rings. The molecule has 0 aliphatic carbocycles. The molecule has 3 rings (SSSR count). The summed E-state index contributed by atoms with van der Waals surface area (Å²) in [5, 5.41) is 3.49. The first-order chi connectivity index (χ1) is 10.1. The first-order valence-electron chi connectivity index (χ1n) is 8.84. The van der Waals surface area contributed by atoms with Gasteiger partial charge in [0.05, 0.1) is 6.04 Å². The summed E-state index contributed by atoms with van der Waals surface area (Å²) in [6, 6.07) is 0.625. The van der Waals surface area contributed by atoms with Crippen molar-refractivity contribution in [1.29, 1.82) is 0 Å². The maximum Gasteiger partial charge on any atom is 0.240 e. The van der Waals surface area contributed by atoms with Crippen LogP contribution in [0, 0.1) is 5.41 Å². The van der Waals surface area contributed by atoms with Crippen molar-refractivity contribution >= 4 is 18.3 Å². The van der Waals surface area contributed by atoms with E-state index in [1.165, 1.54) is 45.2 Å². The van der Waals surface area contributed by atoms with Crippen LogP contribution in [-0.4, -0.2) is 60.5 Å². The highest BCUT2D eigenvalue weighted by Crippen LogP contribution is 2.32. The molecular weight excluding hydrogens is 298 g/mol. The number of likely N-dealkylation sites (tertiary alicyclic amines) is 2. The minimum atomic E-state index is 0. The number of rotatable bonds is 2. The Hall–Kier alpha value is -0.320. The highest BCUT2D eigenvalue weighted by molar-refractivity contribution is 5.85. The maximum atomic E-state index is 13.0. The Balaban J connectivity index is 0.00000176. The summed E-state index contributed by atoms with van der Waals surface area (Å²) in [5.74, 6) is 0.351. The number of halogens is 1. The zero-order chi connectivity index (χ0) is 14.9. The molecule has 0 radical (unpaired) electrons. The van der Waals surface area contributed by atoms with Crippen molar-refractivity contribution in [2.24, 2.45) is 5.41 Å². The van der Waals surface area contributed by atoms with Crippen LogP contribution in [0.3, 0.4) is 0 Å². The molecule has 3 heterocycles. The normalized spacial score (nSPS) is 32.5. The van der Waals surface area contributed by atoms with E-state index in [4.69, 9.17) is 0 Å². The van der Waals surface area contributed by atoms with Gasteiger partial charge >= 0.3 is 0 Å². The summed E-state index contributed by atoms with van der Waals surface area (Å²) in [4.78, 5) is 17.7. The van der Waals surface area contributed by atoms with Crippen molar-refractivity contribution < 1.29 is 4.79 Å². The second kappa shape index (κ2) is 7.50. The van der Waals surface area contributed by atoms with Crippen molar-refractivity contribution in [2.45, 2.75) is 64.5 Å². The Morgan fingerprint density at radius 1 is 1.09 bits per heavy atom. The second-order valence-corrected chi connectivity index (χ2v) is 7.80. The highest BCUT2D eigenvalue weighted by Gasteiger charge is 2.40. The molecule has 3 saturated heterocycles. The third-order valence-corrected chi connectivity index (χ3v) is 5.74. The Bertz CT molecular complexity index is 382. The van der Waals surface area contributed by atoms with Gasteiger partial charge in [-0.05, 0) is 63.6 Å². The van der Waals surface area contributed by atoms with Crippen molar-refractivity contribution in [3.05, 3.63) is 0 Å². The minimum Gasteiger partial charge on any atom is -0.340 e. The summed E-state index contributed by atoms with van der Waals surface area (Å²) in [6.45, 7) is 9.85. The van der Waals surface area contributed by atoms with Crippen LogP contribution >= 0.6 is 12.4 Å². The topological polar surface area (TPSA) is 35.6 Å². The summed E-state index contributed by atoms with van der Waals surface area (Å²) >= 11 is 0. The lowest BCUT2D eigenvalue weighted by Crippen LogP contribution is -2.59. The quantitative estimate of drug-likeness (QED) is 0.844. The van der Waals surface area contributed by atoms with E-state index < -0.39 is 0 Å². The molecule has 0 aromatic rings. The number of piperidine rings is 2. The summed E-state index contributed by atoms with van der Waals surface area (Å²) in [7, 11) is 0. The number of hydrogen-bond acceptors (Lipinski definition) is 3. The van der Waals surface area contributed by atoms with Crippen LogP contribution in [0.5, 0.6) is 0 Å². The van der Waals surface area contributed by atoms with Gasteiger partial charge in [-0.1, -0.05) is 13.8 Å². The Kier molecular flexibility index (Phi) is 6.14. The first-order valence-corrected chi connectivity index (χ1v) is 8.84. The van der Waals surface area contributed by atoms with E-state index in [0.717, 1.165) is 26.1 Å². The lowest BCUT2D eigenvalue weighted by Gasteiger charge is -2.44. The summed E-state index contributed by atoms with van der Waals surface area (Å²) < 4.78 is 0. The smallest absolute Gasteiger partial charge is 0.240 e. The van der Waals surface area contributed by atoms with E-state index >= 15 is 0 Å². The lowest BCUT2D eigenvalue weighted by molar-refractivity contribution is -0.139. The SMILES string of the molecule is CC1(C)CCCNC1C(=O)N1CCCC(N2CCCC2)C1.Cl. The van der Waals surface area contributed by atoms with Crippen LogP contribution in [0.15, 0.2) is 0 Å². The first kappa shape index (κ1) is 18.0. The molecule has 3 aliphatic rings. The zero-order valence-corrected chi connectivity index (χ0v) is 15.0. The third-order valence-electron chi connectivity index (χ3n) is 5.74. The predicted octanol–water partition coefficient (Wildman–Crippen LogP) is 2.27. The Morgan fingerprint density at radius 3 is 2.50 bits per heavy atom. The van der Waals surface area contributed by atoms with Gasteiger partial charge in [-0.2, -0.15) is 0 Å². The second-order valence-electron chi connectivity index (χ2n) is 7.80. The molecule has 128 valence electrons.